The van der Waals surface area contributed by atoms with Crippen molar-refractivity contribution in [2.24, 2.45) is 7.05 Å². The number of amides is 1. The lowest BCUT2D eigenvalue weighted by Crippen LogP contribution is -2.25. The van der Waals surface area contributed by atoms with Crippen molar-refractivity contribution in [3.63, 3.8) is 0 Å². The van der Waals surface area contributed by atoms with Crippen molar-refractivity contribution in [1.82, 2.24) is 14.0 Å². The Morgan fingerprint density at radius 3 is 2.76 bits per heavy atom. The Morgan fingerprint density at radius 1 is 1.28 bits per heavy atom. The second kappa shape index (κ2) is 7.67. The van der Waals surface area contributed by atoms with E-state index < -0.39 is 17.3 Å². The Morgan fingerprint density at radius 2 is 2.03 bits per heavy atom. The molecule has 0 aromatic carbocycles. The summed E-state index contributed by atoms with van der Waals surface area (Å²) in [6.45, 7) is 1.41. The van der Waals surface area contributed by atoms with Crippen LogP contribution in [0.5, 0.6) is 5.75 Å². The van der Waals surface area contributed by atoms with Crippen LogP contribution in [0, 0.1) is 5.82 Å². The lowest BCUT2D eigenvalue weighted by atomic mass is 9.97. The summed E-state index contributed by atoms with van der Waals surface area (Å²) in [6.07, 6.45) is 6.34. The van der Waals surface area contributed by atoms with Crippen molar-refractivity contribution in [2.75, 3.05) is 25.6 Å². The number of nitrogens with one attached hydrogen (secondary N) is 1. The number of imidazole rings is 1. The van der Waals surface area contributed by atoms with Crippen molar-refractivity contribution < 1.29 is 18.7 Å². The van der Waals surface area contributed by atoms with E-state index in [0.717, 1.165) is 35.4 Å². The number of hydrogen-bond acceptors (Lipinski definition) is 5. The number of aromatic nitrogens is 3. The number of halogens is 1. The number of hydrogen-bond donors (Lipinski definition) is 1. The smallest absolute Gasteiger partial charge is 0.274 e. The highest BCUT2D eigenvalue weighted by molar-refractivity contribution is 6.06. The molecule has 1 amide bonds. The van der Waals surface area contributed by atoms with Gasteiger partial charge >= 0.3 is 0 Å². The first-order valence-electron chi connectivity index (χ1n) is 9.28. The van der Waals surface area contributed by atoms with Crippen LogP contribution in [0.3, 0.4) is 0 Å². The third-order valence-corrected chi connectivity index (χ3v) is 5.08. The Labute approximate surface area is 165 Å². The van der Waals surface area contributed by atoms with Crippen LogP contribution < -0.4 is 15.6 Å². The molecule has 1 saturated heterocycles. The molecule has 0 unspecified atom stereocenters. The maximum absolute atomic E-state index is 13.6. The van der Waals surface area contributed by atoms with E-state index in [0.29, 0.717) is 30.5 Å². The van der Waals surface area contributed by atoms with Gasteiger partial charge in [-0.2, -0.15) is 0 Å². The zero-order valence-corrected chi connectivity index (χ0v) is 16.1. The second-order valence-electron chi connectivity index (χ2n) is 7.02. The normalized spacial score (nSPS) is 14.9. The van der Waals surface area contributed by atoms with Gasteiger partial charge in [0.05, 0.1) is 18.4 Å². The van der Waals surface area contributed by atoms with E-state index in [1.165, 1.54) is 14.2 Å². The van der Waals surface area contributed by atoms with E-state index >= 15 is 0 Å². The number of nitrogens with zero attached hydrogens (tertiary/aromatic N) is 3. The third kappa shape index (κ3) is 3.73. The molecule has 0 atom stereocenters. The summed E-state index contributed by atoms with van der Waals surface area (Å²) in [5.41, 5.74) is 1.15. The van der Waals surface area contributed by atoms with Crippen LogP contribution in [0.15, 0.2) is 35.5 Å². The molecular formula is C20H21FN4O4. The summed E-state index contributed by atoms with van der Waals surface area (Å²) in [5.74, 6) is -0.581. The number of carbonyl (C=O) groups is 1. The van der Waals surface area contributed by atoms with Gasteiger partial charge in [0.1, 0.15) is 22.9 Å². The predicted octanol–water partition coefficient (Wildman–Crippen LogP) is 2.33. The summed E-state index contributed by atoms with van der Waals surface area (Å²) in [5, 5.41) is 2.48. The molecular weight excluding hydrogens is 379 g/mol. The molecule has 3 aromatic heterocycles. The topological polar surface area (TPSA) is 86.9 Å². The van der Waals surface area contributed by atoms with E-state index in [4.69, 9.17) is 9.47 Å². The molecule has 0 spiro atoms. The fraction of sp³-hybridized carbons (Fsp3) is 0.350. The SMILES string of the molecule is COc1cc2nc(C3CCOCC3)cn2cc1C(=O)Nc1cc(F)cn(C)c1=O. The van der Waals surface area contributed by atoms with Gasteiger partial charge in [-0.05, 0) is 12.8 Å². The summed E-state index contributed by atoms with van der Waals surface area (Å²) in [4.78, 5) is 29.6. The summed E-state index contributed by atoms with van der Waals surface area (Å²) in [7, 11) is 2.86. The molecule has 8 nitrogen and oxygen atoms in total. The van der Waals surface area contributed by atoms with E-state index in [2.05, 4.69) is 10.3 Å². The number of anilines is 1. The summed E-state index contributed by atoms with van der Waals surface area (Å²) in [6, 6.07) is 2.66. The maximum Gasteiger partial charge on any atom is 0.274 e. The largest absolute Gasteiger partial charge is 0.496 e. The van der Waals surface area contributed by atoms with Gasteiger partial charge in [0.15, 0.2) is 0 Å². The van der Waals surface area contributed by atoms with Crippen molar-refractivity contribution in [3.05, 3.63) is 58.2 Å². The first-order valence-corrected chi connectivity index (χ1v) is 9.28. The van der Waals surface area contributed by atoms with Crippen molar-refractivity contribution in [2.45, 2.75) is 18.8 Å². The van der Waals surface area contributed by atoms with Gasteiger partial charge in [-0.1, -0.05) is 0 Å². The lowest BCUT2D eigenvalue weighted by molar-refractivity contribution is 0.0846. The average Bonchev–Trinajstić information content (AvgIpc) is 3.14. The number of carbonyl (C=O) groups excluding carboxylic acids is 1. The molecule has 3 aromatic rings. The number of aryl methyl sites for hydroxylation is 1. The molecule has 0 aliphatic carbocycles. The Hall–Kier alpha value is -3.20. The highest BCUT2D eigenvalue weighted by atomic mass is 19.1. The van der Waals surface area contributed by atoms with Gasteiger partial charge in [0, 0.05) is 56.9 Å². The van der Waals surface area contributed by atoms with Crippen LogP contribution in [0.4, 0.5) is 10.1 Å². The fourth-order valence-electron chi connectivity index (χ4n) is 3.51. The van der Waals surface area contributed by atoms with Gasteiger partial charge in [-0.15, -0.1) is 0 Å². The van der Waals surface area contributed by atoms with Crippen molar-refractivity contribution >= 4 is 17.2 Å². The zero-order valence-electron chi connectivity index (χ0n) is 16.1. The molecule has 1 aliphatic rings. The Kier molecular flexibility index (Phi) is 5.06. The molecule has 4 heterocycles. The first-order chi connectivity index (χ1) is 14.0. The van der Waals surface area contributed by atoms with Crippen molar-refractivity contribution in [3.8, 4) is 5.75 Å². The number of ether oxygens (including phenoxy) is 2. The minimum Gasteiger partial charge on any atom is -0.496 e. The van der Waals surface area contributed by atoms with Crippen LogP contribution in [0.1, 0.15) is 34.8 Å². The minimum absolute atomic E-state index is 0.145. The molecule has 9 heteroatoms. The molecule has 152 valence electrons. The highest BCUT2D eigenvalue weighted by Gasteiger charge is 2.21. The number of methoxy groups -OCH3 is 1. The first kappa shape index (κ1) is 19.1. The lowest BCUT2D eigenvalue weighted by Gasteiger charge is -2.19. The Bertz CT molecular complexity index is 1130. The fourth-order valence-corrected chi connectivity index (χ4v) is 3.51. The van der Waals surface area contributed by atoms with Crippen LogP contribution in [-0.2, 0) is 11.8 Å². The van der Waals surface area contributed by atoms with Gasteiger partial charge in [0.2, 0.25) is 0 Å². The number of rotatable bonds is 4. The quantitative estimate of drug-likeness (QED) is 0.726. The average molecular weight is 400 g/mol. The second-order valence-corrected chi connectivity index (χ2v) is 7.02. The van der Waals surface area contributed by atoms with Gasteiger partial charge < -0.3 is 23.8 Å². The third-order valence-electron chi connectivity index (χ3n) is 5.08. The predicted molar refractivity (Wildman–Crippen MR) is 104 cm³/mol. The minimum atomic E-state index is -0.625. The molecule has 1 aliphatic heterocycles. The van der Waals surface area contributed by atoms with E-state index in [1.807, 2.05) is 6.20 Å². The molecule has 1 fully saturated rings. The molecule has 0 bridgehead atoms. The number of pyridine rings is 2. The van der Waals surface area contributed by atoms with E-state index in [1.54, 1.807) is 16.7 Å². The van der Waals surface area contributed by atoms with E-state index in [-0.39, 0.29) is 11.3 Å². The number of fused-ring (bicyclic) bond motifs is 1. The van der Waals surface area contributed by atoms with Crippen molar-refractivity contribution in [1.29, 1.82) is 0 Å². The van der Waals surface area contributed by atoms with Crippen LogP contribution >= 0.6 is 0 Å². The zero-order chi connectivity index (χ0) is 20.5. The molecule has 29 heavy (non-hydrogen) atoms. The molecule has 0 saturated carbocycles. The van der Waals surface area contributed by atoms with Crippen LogP contribution in [-0.4, -0.2) is 40.2 Å². The summed E-state index contributed by atoms with van der Waals surface area (Å²) < 4.78 is 27.2. The molecule has 4 rings (SSSR count). The van der Waals surface area contributed by atoms with Gasteiger partial charge in [-0.25, -0.2) is 9.37 Å². The van der Waals surface area contributed by atoms with Gasteiger partial charge in [-0.3, -0.25) is 9.59 Å². The molecule has 0 radical (unpaired) electrons. The van der Waals surface area contributed by atoms with Crippen LogP contribution in [0.25, 0.3) is 5.65 Å². The highest BCUT2D eigenvalue weighted by Crippen LogP contribution is 2.28. The standard InChI is InChI=1S/C20H21FN4O4/c1-24-9-13(21)7-15(20(24)27)23-19(26)14-10-25-11-16(12-3-5-29-6-4-12)22-18(25)8-17(14)28-2/h7-12H,3-6H2,1-2H3,(H,23,26). The Balaban J connectivity index is 1.69. The molecule has 1 N–H and O–H groups in total. The van der Waals surface area contributed by atoms with Gasteiger partial charge in [0.25, 0.3) is 11.5 Å². The van der Waals surface area contributed by atoms with E-state index in [9.17, 15) is 14.0 Å². The monoisotopic (exact) mass is 400 g/mol. The maximum atomic E-state index is 13.6. The summed E-state index contributed by atoms with van der Waals surface area (Å²) >= 11 is 0. The van der Waals surface area contributed by atoms with Crippen LogP contribution in [0.2, 0.25) is 0 Å².